The van der Waals surface area contributed by atoms with E-state index in [1.165, 1.54) is 31.6 Å². The fourth-order valence-electron chi connectivity index (χ4n) is 2.32. The zero-order chi connectivity index (χ0) is 13.5. The molecule has 0 aromatic heterocycles. The van der Waals surface area contributed by atoms with Gasteiger partial charge in [0, 0.05) is 27.5 Å². The molecule has 0 spiro atoms. The van der Waals surface area contributed by atoms with Gasteiger partial charge in [-0.1, -0.05) is 41.0 Å². The van der Waals surface area contributed by atoms with Crippen LogP contribution in [0.4, 0.5) is 0 Å². The minimum atomic E-state index is 0.715. The van der Waals surface area contributed by atoms with Crippen LogP contribution in [0.25, 0.3) is 0 Å². The molecule has 1 aliphatic rings. The number of thioether (sulfide) groups is 2. The summed E-state index contributed by atoms with van der Waals surface area (Å²) in [5.41, 5.74) is 0. The van der Waals surface area contributed by atoms with Gasteiger partial charge in [-0.3, -0.25) is 0 Å². The topological polar surface area (TPSA) is 12.0 Å². The summed E-state index contributed by atoms with van der Waals surface area (Å²) in [4.78, 5) is 0. The van der Waals surface area contributed by atoms with Crippen molar-refractivity contribution in [3.63, 3.8) is 0 Å². The van der Waals surface area contributed by atoms with Crippen LogP contribution in [0.5, 0.6) is 0 Å². The van der Waals surface area contributed by atoms with Gasteiger partial charge in [0.25, 0.3) is 0 Å². The van der Waals surface area contributed by atoms with Crippen molar-refractivity contribution < 1.29 is 0 Å². The third-order valence-corrected chi connectivity index (χ3v) is 7.58. The highest BCUT2D eigenvalue weighted by Gasteiger charge is 2.31. The summed E-state index contributed by atoms with van der Waals surface area (Å²) in [6, 6.07) is 0.715. The van der Waals surface area contributed by atoms with Gasteiger partial charge in [-0.25, -0.2) is 0 Å². The molecule has 1 aliphatic heterocycles. The van der Waals surface area contributed by atoms with Gasteiger partial charge in [0.05, 0.1) is 0 Å². The van der Waals surface area contributed by atoms with E-state index in [-0.39, 0.29) is 0 Å². The normalized spacial score (nSPS) is 32.2. The monoisotopic (exact) mass is 289 g/mol. The van der Waals surface area contributed by atoms with E-state index in [0.717, 1.165) is 21.7 Å². The van der Waals surface area contributed by atoms with Gasteiger partial charge in [-0.15, -0.1) is 0 Å². The van der Waals surface area contributed by atoms with E-state index in [9.17, 15) is 0 Å². The molecule has 0 radical (unpaired) electrons. The maximum atomic E-state index is 3.81. The third-order valence-electron chi connectivity index (χ3n) is 4.03. The second-order valence-corrected chi connectivity index (χ2v) is 8.76. The lowest BCUT2D eigenvalue weighted by Crippen LogP contribution is -2.44. The first kappa shape index (κ1) is 16.7. The first-order chi connectivity index (χ1) is 8.58. The lowest BCUT2D eigenvalue weighted by atomic mass is 9.97. The summed E-state index contributed by atoms with van der Waals surface area (Å²) in [6.45, 7) is 12.9. The van der Waals surface area contributed by atoms with Gasteiger partial charge in [0.2, 0.25) is 0 Å². The van der Waals surface area contributed by atoms with Crippen LogP contribution in [0.3, 0.4) is 0 Å². The van der Waals surface area contributed by atoms with Crippen LogP contribution in [0, 0.1) is 5.92 Å². The number of hydrogen-bond acceptors (Lipinski definition) is 3. The second kappa shape index (κ2) is 8.76. The van der Waals surface area contributed by atoms with Crippen molar-refractivity contribution in [2.45, 2.75) is 75.7 Å². The van der Waals surface area contributed by atoms with E-state index in [4.69, 9.17) is 0 Å². The van der Waals surface area contributed by atoms with E-state index in [1.807, 2.05) is 0 Å². The zero-order valence-electron chi connectivity index (χ0n) is 12.7. The minimum absolute atomic E-state index is 0.715. The van der Waals surface area contributed by atoms with Crippen molar-refractivity contribution in [3.8, 4) is 0 Å². The Labute approximate surface area is 123 Å². The fraction of sp³-hybridized carbons (Fsp3) is 1.00. The molecular weight excluding hydrogens is 258 g/mol. The van der Waals surface area contributed by atoms with Crippen LogP contribution in [0.2, 0.25) is 0 Å². The molecule has 0 aromatic carbocycles. The summed E-state index contributed by atoms with van der Waals surface area (Å²) in [5.74, 6) is 2.17. The van der Waals surface area contributed by atoms with Crippen molar-refractivity contribution in [2.24, 2.45) is 5.92 Å². The molecule has 0 saturated carbocycles. The van der Waals surface area contributed by atoms with Gasteiger partial charge in [0.1, 0.15) is 0 Å². The van der Waals surface area contributed by atoms with E-state index in [0.29, 0.717) is 6.04 Å². The second-order valence-electron chi connectivity index (χ2n) is 5.73. The first-order valence-corrected chi connectivity index (χ1v) is 9.58. The van der Waals surface area contributed by atoms with Crippen LogP contribution >= 0.6 is 23.5 Å². The average Bonchev–Trinajstić information content (AvgIpc) is 2.37. The number of rotatable bonds is 7. The van der Waals surface area contributed by atoms with Gasteiger partial charge in [-0.2, -0.15) is 23.5 Å². The van der Waals surface area contributed by atoms with Crippen LogP contribution in [-0.4, -0.2) is 34.1 Å². The highest BCUT2D eigenvalue weighted by Crippen LogP contribution is 2.38. The Morgan fingerprint density at radius 2 is 1.94 bits per heavy atom. The van der Waals surface area contributed by atoms with Crippen LogP contribution < -0.4 is 5.32 Å². The van der Waals surface area contributed by atoms with E-state index >= 15 is 0 Å². The molecule has 0 amide bonds. The Bertz CT molecular complexity index is 223. The standard InChI is InChI=1S/C15H31NS2/c1-6-8-16-14(9-11(3)7-2)15-10-17-12(4)13(5)18-15/h11-16H,6-10H2,1-5H3. The molecule has 5 unspecified atom stereocenters. The van der Waals surface area contributed by atoms with Crippen molar-refractivity contribution in [2.75, 3.05) is 12.3 Å². The first-order valence-electron chi connectivity index (χ1n) is 7.58. The molecule has 108 valence electrons. The molecule has 1 N–H and O–H groups in total. The van der Waals surface area contributed by atoms with Gasteiger partial charge < -0.3 is 5.32 Å². The van der Waals surface area contributed by atoms with Crippen molar-refractivity contribution >= 4 is 23.5 Å². The molecule has 0 aliphatic carbocycles. The molecule has 3 heteroatoms. The Morgan fingerprint density at radius 3 is 2.50 bits per heavy atom. The summed E-state index contributed by atoms with van der Waals surface area (Å²) < 4.78 is 0. The number of nitrogens with one attached hydrogen (secondary N) is 1. The molecule has 0 aromatic rings. The lowest BCUT2D eigenvalue weighted by Gasteiger charge is -2.37. The fourth-order valence-corrected chi connectivity index (χ4v) is 5.46. The third kappa shape index (κ3) is 5.34. The molecule has 1 saturated heterocycles. The molecular formula is C15H31NS2. The van der Waals surface area contributed by atoms with Gasteiger partial charge >= 0.3 is 0 Å². The Morgan fingerprint density at radius 1 is 1.22 bits per heavy atom. The Kier molecular flexibility index (Phi) is 8.13. The predicted molar refractivity (Wildman–Crippen MR) is 88.9 cm³/mol. The van der Waals surface area contributed by atoms with Crippen LogP contribution in [0.15, 0.2) is 0 Å². The smallest absolute Gasteiger partial charge is 0.0294 e. The Balaban J connectivity index is 2.52. The number of hydrogen-bond donors (Lipinski definition) is 1. The lowest BCUT2D eigenvalue weighted by molar-refractivity contribution is 0.392. The predicted octanol–water partition coefficient (Wildman–Crippen LogP) is 4.42. The summed E-state index contributed by atoms with van der Waals surface area (Å²) >= 11 is 4.39. The summed E-state index contributed by atoms with van der Waals surface area (Å²) in [6.07, 6.45) is 3.89. The highest BCUT2D eigenvalue weighted by molar-refractivity contribution is 8.07. The largest absolute Gasteiger partial charge is 0.313 e. The maximum absolute atomic E-state index is 3.81. The molecule has 0 bridgehead atoms. The molecule has 18 heavy (non-hydrogen) atoms. The highest BCUT2D eigenvalue weighted by atomic mass is 32.2. The molecule has 1 fully saturated rings. The van der Waals surface area contributed by atoms with E-state index in [2.05, 4.69) is 63.5 Å². The molecule has 5 atom stereocenters. The van der Waals surface area contributed by atoms with Gasteiger partial charge in [0.15, 0.2) is 0 Å². The SMILES string of the molecule is CCCNC(CC(C)CC)C1CSC(C)C(C)S1. The van der Waals surface area contributed by atoms with Crippen molar-refractivity contribution in [1.82, 2.24) is 5.32 Å². The van der Waals surface area contributed by atoms with Crippen molar-refractivity contribution in [3.05, 3.63) is 0 Å². The molecule has 1 heterocycles. The Hall–Kier alpha value is 0.660. The zero-order valence-corrected chi connectivity index (χ0v) is 14.4. The molecule has 1 rings (SSSR count). The average molecular weight is 290 g/mol. The van der Waals surface area contributed by atoms with Crippen molar-refractivity contribution in [1.29, 1.82) is 0 Å². The van der Waals surface area contributed by atoms with E-state index < -0.39 is 0 Å². The maximum Gasteiger partial charge on any atom is 0.0294 e. The quantitative estimate of drug-likeness (QED) is 0.745. The minimum Gasteiger partial charge on any atom is -0.313 e. The van der Waals surface area contributed by atoms with Gasteiger partial charge in [-0.05, 0) is 25.3 Å². The summed E-state index contributed by atoms with van der Waals surface area (Å²) in [7, 11) is 0. The summed E-state index contributed by atoms with van der Waals surface area (Å²) in [5, 5.41) is 6.24. The van der Waals surface area contributed by atoms with E-state index in [1.54, 1.807) is 0 Å². The molecule has 1 nitrogen and oxygen atoms in total. The van der Waals surface area contributed by atoms with Crippen LogP contribution in [-0.2, 0) is 0 Å². The van der Waals surface area contributed by atoms with Crippen LogP contribution in [0.1, 0.15) is 53.9 Å².